The van der Waals surface area contributed by atoms with Gasteiger partial charge in [-0.25, -0.2) is 4.79 Å². The van der Waals surface area contributed by atoms with Crippen molar-refractivity contribution in [3.8, 4) is 0 Å². The van der Waals surface area contributed by atoms with Gasteiger partial charge in [-0.2, -0.15) is 0 Å². The van der Waals surface area contributed by atoms with Crippen LogP contribution in [0.1, 0.15) is 55.8 Å². The SMILES string of the molecule is C[C@H](OC(=O)c1ccccc1[S@@](C)=O)C(=O)NC1CCCCCC1. The van der Waals surface area contributed by atoms with Gasteiger partial charge in [0.1, 0.15) is 0 Å². The van der Waals surface area contributed by atoms with Crippen molar-refractivity contribution in [1.29, 1.82) is 0 Å². The van der Waals surface area contributed by atoms with Crippen LogP contribution >= 0.6 is 0 Å². The van der Waals surface area contributed by atoms with E-state index in [-0.39, 0.29) is 17.5 Å². The highest BCUT2D eigenvalue weighted by molar-refractivity contribution is 7.84. The normalized spacial score (nSPS) is 18.2. The van der Waals surface area contributed by atoms with Crippen LogP contribution in [0.5, 0.6) is 0 Å². The Morgan fingerprint density at radius 3 is 2.42 bits per heavy atom. The second-order valence-corrected chi connectivity index (χ2v) is 7.54. The van der Waals surface area contributed by atoms with Gasteiger partial charge in [-0.3, -0.25) is 9.00 Å². The number of esters is 1. The molecule has 1 aliphatic carbocycles. The number of benzene rings is 1. The molecule has 0 bridgehead atoms. The van der Waals surface area contributed by atoms with Crippen molar-refractivity contribution >= 4 is 22.7 Å². The van der Waals surface area contributed by atoms with E-state index in [1.807, 2.05) is 0 Å². The Morgan fingerprint density at radius 1 is 1.17 bits per heavy atom. The maximum atomic E-state index is 12.3. The van der Waals surface area contributed by atoms with Crippen LogP contribution in [0.15, 0.2) is 29.2 Å². The van der Waals surface area contributed by atoms with Crippen LogP contribution in [-0.2, 0) is 20.3 Å². The van der Waals surface area contributed by atoms with Crippen molar-refractivity contribution in [3.63, 3.8) is 0 Å². The summed E-state index contributed by atoms with van der Waals surface area (Å²) in [4.78, 5) is 25.0. The Hall–Kier alpha value is -1.69. The molecule has 2 atom stereocenters. The third kappa shape index (κ3) is 5.16. The zero-order chi connectivity index (χ0) is 17.5. The second kappa shape index (κ2) is 8.97. The molecule has 24 heavy (non-hydrogen) atoms. The molecule has 0 aromatic heterocycles. The van der Waals surface area contributed by atoms with Gasteiger partial charge in [0.25, 0.3) is 5.91 Å². The highest BCUT2D eigenvalue weighted by atomic mass is 32.2. The Kier molecular flexibility index (Phi) is 6.97. The molecule has 1 aliphatic rings. The number of amides is 1. The second-order valence-electron chi connectivity index (χ2n) is 6.19. The van der Waals surface area contributed by atoms with E-state index in [1.54, 1.807) is 31.2 Å². The van der Waals surface area contributed by atoms with Gasteiger partial charge < -0.3 is 10.1 Å². The van der Waals surface area contributed by atoms with Crippen LogP contribution in [0.4, 0.5) is 0 Å². The summed E-state index contributed by atoms with van der Waals surface area (Å²) in [6.45, 7) is 1.56. The Bertz CT molecular complexity index is 609. The summed E-state index contributed by atoms with van der Waals surface area (Å²) in [5.74, 6) is -0.894. The lowest BCUT2D eigenvalue weighted by Crippen LogP contribution is -2.41. The lowest BCUT2D eigenvalue weighted by Gasteiger charge is -2.20. The summed E-state index contributed by atoms with van der Waals surface area (Å²) in [5, 5.41) is 2.98. The first-order chi connectivity index (χ1) is 11.5. The smallest absolute Gasteiger partial charge is 0.340 e. The monoisotopic (exact) mass is 351 g/mol. The minimum Gasteiger partial charge on any atom is -0.449 e. The minimum atomic E-state index is -1.30. The van der Waals surface area contributed by atoms with Gasteiger partial charge in [-0.1, -0.05) is 37.8 Å². The highest BCUT2D eigenvalue weighted by Crippen LogP contribution is 2.18. The average Bonchev–Trinajstić information content (AvgIpc) is 2.83. The molecule has 0 saturated heterocycles. The Labute approximate surface area is 145 Å². The number of carbonyl (C=O) groups is 2. The van der Waals surface area contributed by atoms with Crippen molar-refractivity contribution in [3.05, 3.63) is 29.8 Å². The first-order valence-corrected chi connectivity index (χ1v) is 9.98. The number of hydrogen-bond acceptors (Lipinski definition) is 4. The maximum Gasteiger partial charge on any atom is 0.340 e. The van der Waals surface area contributed by atoms with Gasteiger partial charge in [-0.15, -0.1) is 0 Å². The molecular weight excluding hydrogens is 326 g/mol. The molecule has 1 amide bonds. The molecule has 132 valence electrons. The minimum absolute atomic E-state index is 0.164. The molecule has 0 aliphatic heterocycles. The van der Waals surface area contributed by atoms with E-state index in [1.165, 1.54) is 19.1 Å². The fraction of sp³-hybridized carbons (Fsp3) is 0.556. The molecule has 0 spiro atoms. The first kappa shape index (κ1) is 18.6. The van der Waals surface area contributed by atoms with Gasteiger partial charge in [0.15, 0.2) is 6.10 Å². The zero-order valence-corrected chi connectivity index (χ0v) is 15.1. The molecule has 0 heterocycles. The summed E-state index contributed by atoms with van der Waals surface area (Å²) in [5.41, 5.74) is 0.243. The van der Waals surface area contributed by atoms with E-state index in [0.717, 1.165) is 25.7 Å². The molecular formula is C18H25NO4S. The lowest BCUT2D eigenvalue weighted by molar-refractivity contribution is -0.129. The topological polar surface area (TPSA) is 72.5 Å². The van der Waals surface area contributed by atoms with Gasteiger partial charge >= 0.3 is 5.97 Å². The molecule has 1 saturated carbocycles. The van der Waals surface area contributed by atoms with E-state index in [4.69, 9.17) is 4.74 Å². The fourth-order valence-electron chi connectivity index (χ4n) is 2.91. The summed E-state index contributed by atoms with van der Waals surface area (Å²) in [7, 11) is -1.30. The molecule has 1 fully saturated rings. The summed E-state index contributed by atoms with van der Waals surface area (Å²) >= 11 is 0. The van der Waals surface area contributed by atoms with Crippen LogP contribution in [0.2, 0.25) is 0 Å². The van der Waals surface area contributed by atoms with Crippen LogP contribution < -0.4 is 5.32 Å². The number of nitrogens with one attached hydrogen (secondary N) is 1. The summed E-state index contributed by atoms with van der Waals surface area (Å²) < 4.78 is 17.0. The fourth-order valence-corrected chi connectivity index (χ4v) is 3.64. The van der Waals surface area contributed by atoms with E-state index in [9.17, 15) is 13.8 Å². The van der Waals surface area contributed by atoms with E-state index < -0.39 is 22.9 Å². The number of rotatable bonds is 5. The van der Waals surface area contributed by atoms with Crippen molar-refractivity contribution in [2.24, 2.45) is 0 Å². The molecule has 6 heteroatoms. The predicted molar refractivity (Wildman–Crippen MR) is 93.3 cm³/mol. The highest BCUT2D eigenvalue weighted by Gasteiger charge is 2.23. The van der Waals surface area contributed by atoms with Crippen molar-refractivity contribution < 1.29 is 18.5 Å². The molecule has 5 nitrogen and oxygen atoms in total. The van der Waals surface area contributed by atoms with E-state index in [0.29, 0.717) is 4.90 Å². The van der Waals surface area contributed by atoms with Crippen molar-refractivity contribution in [2.45, 2.75) is 62.5 Å². The van der Waals surface area contributed by atoms with Crippen molar-refractivity contribution in [2.75, 3.05) is 6.26 Å². The predicted octanol–water partition coefficient (Wildman–Crippen LogP) is 2.81. The maximum absolute atomic E-state index is 12.3. The van der Waals surface area contributed by atoms with Crippen LogP contribution in [0.25, 0.3) is 0 Å². The molecule has 2 rings (SSSR count). The zero-order valence-electron chi connectivity index (χ0n) is 14.2. The van der Waals surface area contributed by atoms with Crippen molar-refractivity contribution in [1.82, 2.24) is 5.32 Å². The number of hydrogen-bond donors (Lipinski definition) is 1. The largest absolute Gasteiger partial charge is 0.449 e. The van der Waals surface area contributed by atoms with Crippen LogP contribution in [0.3, 0.4) is 0 Å². The Morgan fingerprint density at radius 2 is 1.79 bits per heavy atom. The summed E-state index contributed by atoms with van der Waals surface area (Å²) in [6, 6.07) is 6.76. The molecule has 1 aromatic rings. The third-order valence-corrected chi connectivity index (χ3v) is 5.25. The quantitative estimate of drug-likeness (QED) is 0.654. The van der Waals surface area contributed by atoms with Crippen LogP contribution in [-0.4, -0.2) is 34.5 Å². The number of ether oxygens (including phenoxy) is 1. The van der Waals surface area contributed by atoms with Gasteiger partial charge in [0.05, 0.1) is 21.3 Å². The van der Waals surface area contributed by atoms with Gasteiger partial charge in [0, 0.05) is 12.3 Å². The van der Waals surface area contributed by atoms with Gasteiger partial charge in [-0.05, 0) is 31.9 Å². The summed E-state index contributed by atoms with van der Waals surface area (Å²) in [6.07, 6.45) is 7.24. The number of carbonyl (C=O) groups excluding carboxylic acids is 2. The standard InChI is InChI=1S/C18H25NO4S/c1-13(17(20)19-14-9-5-3-4-6-10-14)23-18(21)15-11-7-8-12-16(15)24(2)22/h7-8,11-14H,3-6,9-10H2,1-2H3,(H,19,20)/t13-,24+/m0/s1. The first-order valence-electron chi connectivity index (χ1n) is 8.43. The van der Waals surface area contributed by atoms with Gasteiger partial charge in [0.2, 0.25) is 0 Å². The molecule has 0 radical (unpaired) electrons. The molecule has 0 unspecified atom stereocenters. The third-order valence-electron chi connectivity index (χ3n) is 4.27. The lowest BCUT2D eigenvalue weighted by atomic mass is 10.1. The average molecular weight is 351 g/mol. The molecule has 1 N–H and O–H groups in total. The van der Waals surface area contributed by atoms with E-state index >= 15 is 0 Å². The molecule has 1 aromatic carbocycles. The van der Waals surface area contributed by atoms with Crippen LogP contribution in [0, 0.1) is 0 Å². The van der Waals surface area contributed by atoms with E-state index in [2.05, 4.69) is 5.32 Å². The Balaban J connectivity index is 1.95.